The summed E-state index contributed by atoms with van der Waals surface area (Å²) in [6.45, 7) is 0.992. The van der Waals surface area contributed by atoms with Crippen LogP contribution in [0.15, 0.2) is 24.4 Å². The summed E-state index contributed by atoms with van der Waals surface area (Å²) in [6, 6.07) is 4.82. The minimum absolute atomic E-state index is 0.229. The van der Waals surface area contributed by atoms with E-state index in [1.807, 2.05) is 6.07 Å². The van der Waals surface area contributed by atoms with Gasteiger partial charge in [-0.1, -0.05) is 10.6 Å². The lowest BCUT2D eigenvalue weighted by atomic mass is 9.97. The Balaban J connectivity index is 1.75. The molecule has 0 unspecified atom stereocenters. The highest BCUT2D eigenvalue weighted by atomic mass is 32.1. The third-order valence-electron chi connectivity index (χ3n) is 3.34. The van der Waals surface area contributed by atoms with Crippen molar-refractivity contribution in [1.29, 1.82) is 0 Å². The molecule has 1 aromatic carbocycles. The number of hydrogen-bond acceptors (Lipinski definition) is 5. The Hall–Kier alpha value is -2.48. The van der Waals surface area contributed by atoms with Crippen LogP contribution in [0.25, 0.3) is 0 Å². The number of carbonyl (C=O) groups is 2. The standard InChI is InChI=1S/C13H12N4O3S/c18-12(19)9-2-1-8-3-4-17(7-10(8)5-9)13(20)15-11-6-14-16-21-11/h1-2,5-6H,3-4,7H2,(H,15,20)(H,18,19). The Morgan fingerprint density at radius 1 is 1.33 bits per heavy atom. The molecule has 2 amide bonds. The summed E-state index contributed by atoms with van der Waals surface area (Å²) in [4.78, 5) is 24.8. The van der Waals surface area contributed by atoms with Crippen molar-refractivity contribution in [1.82, 2.24) is 14.5 Å². The average molecular weight is 304 g/mol. The molecule has 0 aliphatic carbocycles. The van der Waals surface area contributed by atoms with Gasteiger partial charge in [-0.3, -0.25) is 5.32 Å². The molecule has 8 heteroatoms. The number of aromatic nitrogens is 2. The molecule has 1 aliphatic heterocycles. The van der Waals surface area contributed by atoms with Gasteiger partial charge in [0.05, 0.1) is 11.8 Å². The minimum Gasteiger partial charge on any atom is -0.478 e. The predicted octanol–water partition coefficient (Wildman–Crippen LogP) is 1.83. The number of fused-ring (bicyclic) bond motifs is 1. The largest absolute Gasteiger partial charge is 0.478 e. The number of amides is 2. The van der Waals surface area contributed by atoms with Crippen LogP contribution in [-0.2, 0) is 13.0 Å². The number of anilines is 1. The van der Waals surface area contributed by atoms with Gasteiger partial charge in [0.1, 0.15) is 5.00 Å². The van der Waals surface area contributed by atoms with E-state index in [0.717, 1.165) is 22.7 Å². The SMILES string of the molecule is O=C(O)c1ccc2c(c1)CN(C(=O)Nc1cnns1)CC2. The van der Waals surface area contributed by atoms with Crippen molar-refractivity contribution >= 4 is 28.5 Å². The van der Waals surface area contributed by atoms with Crippen molar-refractivity contribution in [2.45, 2.75) is 13.0 Å². The lowest BCUT2D eigenvalue weighted by Gasteiger charge is -2.28. The smallest absolute Gasteiger partial charge is 0.335 e. The Morgan fingerprint density at radius 3 is 2.90 bits per heavy atom. The first-order chi connectivity index (χ1) is 10.1. The van der Waals surface area contributed by atoms with Crippen molar-refractivity contribution in [2.75, 3.05) is 11.9 Å². The maximum absolute atomic E-state index is 12.1. The highest BCUT2D eigenvalue weighted by Gasteiger charge is 2.22. The van der Waals surface area contributed by atoms with Gasteiger partial charge in [-0.25, -0.2) is 9.59 Å². The molecule has 0 radical (unpaired) electrons. The van der Waals surface area contributed by atoms with Crippen LogP contribution < -0.4 is 5.32 Å². The number of rotatable bonds is 2. The van der Waals surface area contributed by atoms with E-state index in [0.29, 0.717) is 24.5 Å². The summed E-state index contributed by atoms with van der Waals surface area (Å²) in [7, 11) is 0. The zero-order valence-corrected chi connectivity index (χ0v) is 11.8. The number of aromatic carboxylic acids is 1. The van der Waals surface area contributed by atoms with E-state index >= 15 is 0 Å². The second kappa shape index (κ2) is 5.49. The summed E-state index contributed by atoms with van der Waals surface area (Å²) in [5.41, 5.74) is 2.20. The minimum atomic E-state index is -0.963. The van der Waals surface area contributed by atoms with E-state index in [1.54, 1.807) is 17.0 Å². The van der Waals surface area contributed by atoms with Crippen molar-refractivity contribution in [2.24, 2.45) is 0 Å². The van der Waals surface area contributed by atoms with Crippen LogP contribution in [0.4, 0.5) is 9.80 Å². The van der Waals surface area contributed by atoms with Gasteiger partial charge in [-0.05, 0) is 29.7 Å². The van der Waals surface area contributed by atoms with Crippen molar-refractivity contribution < 1.29 is 14.7 Å². The van der Waals surface area contributed by atoms with Gasteiger partial charge < -0.3 is 10.0 Å². The first-order valence-corrected chi connectivity index (χ1v) is 7.09. The fourth-order valence-corrected chi connectivity index (χ4v) is 2.68. The Morgan fingerprint density at radius 2 is 2.19 bits per heavy atom. The van der Waals surface area contributed by atoms with Crippen LogP contribution in [0.2, 0.25) is 0 Å². The predicted molar refractivity (Wildman–Crippen MR) is 76.4 cm³/mol. The molecular weight excluding hydrogens is 292 g/mol. The molecular formula is C13H12N4O3S. The van der Waals surface area contributed by atoms with Gasteiger partial charge in [-0.2, -0.15) is 0 Å². The molecule has 7 nitrogen and oxygen atoms in total. The summed E-state index contributed by atoms with van der Waals surface area (Å²) in [5.74, 6) is -0.963. The molecule has 2 N–H and O–H groups in total. The lowest BCUT2D eigenvalue weighted by molar-refractivity contribution is 0.0696. The lowest BCUT2D eigenvalue weighted by Crippen LogP contribution is -2.38. The zero-order chi connectivity index (χ0) is 14.8. The number of nitrogens with one attached hydrogen (secondary N) is 1. The fraction of sp³-hybridized carbons (Fsp3) is 0.231. The molecule has 0 saturated heterocycles. The van der Waals surface area contributed by atoms with Crippen LogP contribution in [0.3, 0.4) is 0 Å². The molecule has 0 atom stereocenters. The van der Waals surface area contributed by atoms with Crippen LogP contribution in [0.1, 0.15) is 21.5 Å². The maximum atomic E-state index is 12.1. The van der Waals surface area contributed by atoms with Gasteiger partial charge in [-0.15, -0.1) is 5.10 Å². The fourth-order valence-electron chi connectivity index (χ4n) is 2.27. The Bertz CT molecular complexity index is 687. The van der Waals surface area contributed by atoms with E-state index in [1.165, 1.54) is 6.20 Å². The number of urea groups is 1. The molecule has 3 rings (SSSR count). The molecule has 1 aromatic heterocycles. The maximum Gasteiger partial charge on any atom is 0.335 e. The number of carbonyl (C=O) groups excluding carboxylic acids is 1. The van der Waals surface area contributed by atoms with Crippen molar-refractivity contribution in [3.8, 4) is 0 Å². The molecule has 0 fully saturated rings. The van der Waals surface area contributed by atoms with Gasteiger partial charge >= 0.3 is 12.0 Å². The van der Waals surface area contributed by atoms with E-state index in [-0.39, 0.29) is 11.6 Å². The third kappa shape index (κ3) is 2.84. The van der Waals surface area contributed by atoms with Crippen LogP contribution in [0.5, 0.6) is 0 Å². The molecule has 2 heterocycles. The third-order valence-corrected chi connectivity index (χ3v) is 3.92. The van der Waals surface area contributed by atoms with E-state index in [2.05, 4.69) is 14.9 Å². The Labute approximate surface area is 124 Å². The number of hydrogen-bond donors (Lipinski definition) is 2. The van der Waals surface area contributed by atoms with Crippen LogP contribution in [0, 0.1) is 0 Å². The van der Waals surface area contributed by atoms with E-state index in [4.69, 9.17) is 5.11 Å². The van der Waals surface area contributed by atoms with Gasteiger partial charge in [0.25, 0.3) is 0 Å². The van der Waals surface area contributed by atoms with E-state index in [9.17, 15) is 9.59 Å². The summed E-state index contributed by atoms with van der Waals surface area (Å²) in [5, 5.41) is 16.0. The number of carboxylic acids is 1. The summed E-state index contributed by atoms with van der Waals surface area (Å²) in [6.07, 6.45) is 2.20. The molecule has 21 heavy (non-hydrogen) atoms. The van der Waals surface area contributed by atoms with Gasteiger partial charge in [0.15, 0.2) is 0 Å². The first-order valence-electron chi connectivity index (χ1n) is 6.32. The quantitative estimate of drug-likeness (QED) is 0.882. The molecule has 1 aliphatic rings. The molecule has 2 aromatic rings. The first kappa shape index (κ1) is 13.5. The number of benzene rings is 1. The molecule has 0 spiro atoms. The Kier molecular flexibility index (Phi) is 3.53. The number of carboxylic acid groups (broad SMARTS) is 1. The van der Waals surface area contributed by atoms with Gasteiger partial charge in [0.2, 0.25) is 0 Å². The summed E-state index contributed by atoms with van der Waals surface area (Å²) >= 11 is 1.11. The molecule has 0 saturated carbocycles. The van der Waals surface area contributed by atoms with E-state index < -0.39 is 5.97 Å². The highest BCUT2D eigenvalue weighted by Crippen LogP contribution is 2.21. The van der Waals surface area contributed by atoms with Crippen LogP contribution in [-0.4, -0.2) is 38.1 Å². The highest BCUT2D eigenvalue weighted by molar-refractivity contribution is 7.10. The normalized spacial score (nSPS) is 13.6. The van der Waals surface area contributed by atoms with Crippen molar-refractivity contribution in [3.05, 3.63) is 41.1 Å². The molecule has 0 bridgehead atoms. The number of nitrogens with zero attached hydrogens (tertiary/aromatic N) is 3. The topological polar surface area (TPSA) is 95.4 Å². The second-order valence-electron chi connectivity index (χ2n) is 4.67. The average Bonchev–Trinajstić information content (AvgIpc) is 2.98. The summed E-state index contributed by atoms with van der Waals surface area (Å²) < 4.78 is 3.68. The second-order valence-corrected chi connectivity index (χ2v) is 5.46. The monoisotopic (exact) mass is 304 g/mol. The van der Waals surface area contributed by atoms with Crippen LogP contribution >= 0.6 is 11.5 Å². The van der Waals surface area contributed by atoms with Crippen molar-refractivity contribution in [3.63, 3.8) is 0 Å². The van der Waals surface area contributed by atoms with Gasteiger partial charge in [0, 0.05) is 24.6 Å². The zero-order valence-electron chi connectivity index (χ0n) is 10.9. The molecule has 108 valence electrons.